The lowest BCUT2D eigenvalue weighted by Gasteiger charge is -2.46. The van der Waals surface area contributed by atoms with Crippen molar-refractivity contribution < 1.29 is 27.9 Å². The number of piperidine rings is 1. The predicted octanol–water partition coefficient (Wildman–Crippen LogP) is 3.52. The van der Waals surface area contributed by atoms with Gasteiger partial charge in [0, 0.05) is 38.9 Å². The summed E-state index contributed by atoms with van der Waals surface area (Å²) in [5.41, 5.74) is 0.213. The van der Waals surface area contributed by atoms with Crippen LogP contribution in [0.5, 0.6) is 5.75 Å². The zero-order valence-corrected chi connectivity index (χ0v) is 20.1. The summed E-state index contributed by atoms with van der Waals surface area (Å²) in [5.74, 6) is 1.60. The Bertz CT molecular complexity index is 968. The van der Waals surface area contributed by atoms with Crippen LogP contribution in [0.4, 0.5) is 4.39 Å². The molecule has 1 aromatic heterocycles. The summed E-state index contributed by atoms with van der Waals surface area (Å²) in [6.45, 7) is 6.47. The summed E-state index contributed by atoms with van der Waals surface area (Å²) in [7, 11) is 0. The highest BCUT2D eigenvalue weighted by molar-refractivity contribution is 5.92. The minimum atomic E-state index is -0.259. The molecule has 1 unspecified atom stereocenters. The van der Waals surface area contributed by atoms with Crippen LogP contribution in [0.25, 0.3) is 0 Å². The molecule has 1 spiro atoms. The highest BCUT2D eigenvalue weighted by atomic mass is 19.1. The Morgan fingerprint density at radius 3 is 2.66 bits per heavy atom. The zero-order chi connectivity index (χ0) is 24.1. The van der Waals surface area contributed by atoms with Gasteiger partial charge in [0.05, 0.1) is 32.0 Å². The van der Waals surface area contributed by atoms with Crippen molar-refractivity contribution in [1.29, 1.82) is 0 Å². The average Bonchev–Trinajstić information content (AvgIpc) is 3.34. The van der Waals surface area contributed by atoms with Crippen LogP contribution in [0.1, 0.15) is 48.4 Å². The van der Waals surface area contributed by atoms with Crippen molar-refractivity contribution >= 4 is 5.91 Å². The third-order valence-electron chi connectivity index (χ3n) is 7.43. The van der Waals surface area contributed by atoms with E-state index in [2.05, 4.69) is 10.1 Å². The minimum absolute atomic E-state index is 0.0723. The first-order valence-corrected chi connectivity index (χ1v) is 12.7. The molecule has 0 saturated carbocycles. The smallest absolute Gasteiger partial charge is 0.276 e. The van der Waals surface area contributed by atoms with Crippen molar-refractivity contribution in [2.75, 3.05) is 52.6 Å². The number of aromatic nitrogens is 1. The highest BCUT2D eigenvalue weighted by Crippen LogP contribution is 2.39. The molecule has 1 amide bonds. The maximum atomic E-state index is 13.1. The number of morpholine rings is 1. The summed E-state index contributed by atoms with van der Waals surface area (Å²) in [6.07, 6.45) is 4.59. The van der Waals surface area contributed by atoms with Gasteiger partial charge in [-0.25, -0.2) is 4.39 Å². The van der Waals surface area contributed by atoms with Crippen LogP contribution in [0.15, 0.2) is 34.9 Å². The van der Waals surface area contributed by atoms with E-state index in [-0.39, 0.29) is 17.3 Å². The fraction of sp³-hybridized carbons (Fsp3) is 0.615. The molecular weight excluding hydrogens is 453 g/mol. The van der Waals surface area contributed by atoms with Gasteiger partial charge < -0.3 is 23.6 Å². The Morgan fingerprint density at radius 1 is 1.11 bits per heavy atom. The lowest BCUT2D eigenvalue weighted by molar-refractivity contribution is -0.125. The minimum Gasteiger partial charge on any atom is -0.494 e. The van der Waals surface area contributed by atoms with Crippen molar-refractivity contribution in [3.63, 3.8) is 0 Å². The second-order valence-electron chi connectivity index (χ2n) is 9.84. The number of carbonyl (C=O) groups excluding carboxylic acids is 1. The van der Waals surface area contributed by atoms with E-state index < -0.39 is 0 Å². The van der Waals surface area contributed by atoms with E-state index in [1.165, 1.54) is 12.1 Å². The molecule has 0 radical (unpaired) electrons. The number of ether oxygens (including phenoxy) is 3. The van der Waals surface area contributed by atoms with E-state index in [9.17, 15) is 9.18 Å². The van der Waals surface area contributed by atoms with Crippen LogP contribution in [-0.2, 0) is 16.0 Å². The summed E-state index contributed by atoms with van der Waals surface area (Å²) >= 11 is 0. The van der Waals surface area contributed by atoms with Gasteiger partial charge in [0.1, 0.15) is 11.6 Å². The van der Waals surface area contributed by atoms with Crippen LogP contribution in [0.2, 0.25) is 0 Å². The van der Waals surface area contributed by atoms with Crippen molar-refractivity contribution in [2.45, 2.75) is 44.2 Å². The fourth-order valence-corrected chi connectivity index (χ4v) is 5.35. The molecule has 0 bridgehead atoms. The van der Waals surface area contributed by atoms with Gasteiger partial charge in [-0.2, -0.15) is 0 Å². The second-order valence-corrected chi connectivity index (χ2v) is 9.84. The Morgan fingerprint density at radius 2 is 1.89 bits per heavy atom. The molecule has 3 saturated heterocycles. The zero-order valence-electron chi connectivity index (χ0n) is 20.1. The number of halogens is 1. The van der Waals surface area contributed by atoms with E-state index in [1.54, 1.807) is 18.2 Å². The number of amides is 1. The number of nitrogens with zero attached hydrogens (tertiary/aromatic N) is 3. The van der Waals surface area contributed by atoms with Crippen molar-refractivity contribution in [3.05, 3.63) is 47.6 Å². The van der Waals surface area contributed by atoms with Gasteiger partial charge in [0.15, 0.2) is 11.5 Å². The largest absolute Gasteiger partial charge is 0.494 e. The van der Waals surface area contributed by atoms with E-state index in [1.807, 2.05) is 4.90 Å². The summed E-state index contributed by atoms with van der Waals surface area (Å²) in [4.78, 5) is 17.1. The molecule has 35 heavy (non-hydrogen) atoms. The molecular formula is C26H34FN3O5. The van der Waals surface area contributed by atoms with Gasteiger partial charge in [-0.1, -0.05) is 5.16 Å². The van der Waals surface area contributed by atoms with Crippen molar-refractivity contribution in [3.8, 4) is 5.75 Å². The first kappa shape index (κ1) is 24.2. The third-order valence-corrected chi connectivity index (χ3v) is 7.43. The molecule has 190 valence electrons. The molecule has 3 aliphatic rings. The van der Waals surface area contributed by atoms with Crippen LogP contribution in [0.3, 0.4) is 0 Å². The molecule has 4 heterocycles. The third kappa shape index (κ3) is 6.20. The lowest BCUT2D eigenvalue weighted by atomic mass is 9.78. The Balaban J connectivity index is 1.08. The van der Waals surface area contributed by atoms with E-state index >= 15 is 0 Å². The second kappa shape index (κ2) is 11.1. The number of benzene rings is 1. The molecule has 1 atom stereocenters. The van der Waals surface area contributed by atoms with Gasteiger partial charge in [0.2, 0.25) is 0 Å². The van der Waals surface area contributed by atoms with Gasteiger partial charge in [-0.3, -0.25) is 9.69 Å². The summed E-state index contributed by atoms with van der Waals surface area (Å²) in [5, 5.41) is 4.05. The van der Waals surface area contributed by atoms with Gasteiger partial charge in [0.25, 0.3) is 5.91 Å². The first-order valence-electron chi connectivity index (χ1n) is 12.7. The van der Waals surface area contributed by atoms with Crippen molar-refractivity contribution in [2.24, 2.45) is 5.92 Å². The average molecular weight is 488 g/mol. The summed E-state index contributed by atoms with van der Waals surface area (Å²) < 4.78 is 35.9. The molecule has 5 rings (SSSR count). The van der Waals surface area contributed by atoms with Crippen LogP contribution < -0.4 is 4.74 Å². The number of likely N-dealkylation sites (tertiary alicyclic amines) is 1. The maximum absolute atomic E-state index is 13.1. The van der Waals surface area contributed by atoms with Gasteiger partial charge >= 0.3 is 0 Å². The SMILES string of the molecule is O=C(c1cc(CN2CCOCC2)on1)N1CCC2(CC1)CC(CCOc1ccc(F)cc1)CCO2. The van der Waals surface area contributed by atoms with Crippen LogP contribution in [0, 0.1) is 11.7 Å². The fourth-order valence-electron chi connectivity index (χ4n) is 5.35. The molecule has 8 nitrogen and oxygen atoms in total. The maximum Gasteiger partial charge on any atom is 0.276 e. The monoisotopic (exact) mass is 487 g/mol. The number of hydrogen-bond acceptors (Lipinski definition) is 7. The molecule has 1 aromatic carbocycles. The predicted molar refractivity (Wildman–Crippen MR) is 126 cm³/mol. The topological polar surface area (TPSA) is 77.3 Å². The Kier molecular flexibility index (Phi) is 7.65. The van der Waals surface area contributed by atoms with Gasteiger partial charge in [-0.05, 0) is 62.3 Å². The lowest BCUT2D eigenvalue weighted by Crippen LogP contribution is -2.51. The van der Waals surface area contributed by atoms with Crippen LogP contribution >= 0.6 is 0 Å². The van der Waals surface area contributed by atoms with E-state index in [0.29, 0.717) is 49.4 Å². The van der Waals surface area contributed by atoms with Gasteiger partial charge in [-0.15, -0.1) is 0 Å². The Hall–Kier alpha value is -2.49. The normalized spacial score (nSPS) is 22.9. The standard InChI is InChI=1S/C26H34FN3O5/c27-21-1-3-22(4-2-21)33-13-5-20-6-14-34-26(18-20)7-9-30(10-8-26)25(31)24-17-23(35-28-24)19-29-11-15-32-16-12-29/h1-4,17,20H,5-16,18-19H2. The number of carbonyl (C=O) groups is 1. The number of hydrogen-bond donors (Lipinski definition) is 0. The molecule has 3 fully saturated rings. The molecule has 0 N–H and O–H groups in total. The molecule has 9 heteroatoms. The Labute approximate surface area is 205 Å². The summed E-state index contributed by atoms with van der Waals surface area (Å²) in [6, 6.07) is 7.92. The van der Waals surface area contributed by atoms with Crippen molar-refractivity contribution in [1.82, 2.24) is 15.0 Å². The number of rotatable bonds is 7. The van der Waals surface area contributed by atoms with E-state index in [0.717, 1.165) is 65.0 Å². The first-order chi connectivity index (χ1) is 17.1. The molecule has 3 aliphatic heterocycles. The quantitative estimate of drug-likeness (QED) is 0.591. The molecule has 0 aliphatic carbocycles. The van der Waals surface area contributed by atoms with E-state index in [4.69, 9.17) is 18.7 Å². The van der Waals surface area contributed by atoms with Crippen LogP contribution in [-0.4, -0.2) is 79.1 Å². The molecule has 2 aromatic rings. The highest BCUT2D eigenvalue weighted by Gasteiger charge is 2.41.